The first-order valence-electron chi connectivity index (χ1n) is 6.80. The molecule has 1 aromatic carbocycles. The number of nitrogens with one attached hydrogen (secondary N) is 1. The van der Waals surface area contributed by atoms with Gasteiger partial charge in [0.25, 0.3) is 0 Å². The van der Waals surface area contributed by atoms with Crippen LogP contribution in [0.1, 0.15) is 31.7 Å². The van der Waals surface area contributed by atoms with Crippen molar-refractivity contribution in [2.75, 3.05) is 24.3 Å². The number of amides is 1. The molecule has 0 radical (unpaired) electrons. The van der Waals surface area contributed by atoms with E-state index in [4.69, 9.17) is 5.73 Å². The highest BCUT2D eigenvalue weighted by Crippen LogP contribution is 2.22. The third-order valence-corrected chi connectivity index (χ3v) is 3.16. The number of carbonyl (C=O) groups excluding carboxylic acids is 1. The molecule has 1 aromatic rings. The van der Waals surface area contributed by atoms with Crippen LogP contribution in [0.4, 0.5) is 11.4 Å². The van der Waals surface area contributed by atoms with Crippen LogP contribution in [0.2, 0.25) is 0 Å². The maximum atomic E-state index is 11.9. The Hall–Kier alpha value is -1.55. The zero-order valence-corrected chi connectivity index (χ0v) is 12.4. The fraction of sp³-hybridized carbons (Fsp3) is 0.533. The smallest absolute Gasteiger partial charge is 0.241 e. The van der Waals surface area contributed by atoms with Crippen LogP contribution in [0.5, 0.6) is 0 Å². The number of benzene rings is 1. The maximum Gasteiger partial charge on any atom is 0.241 e. The summed E-state index contributed by atoms with van der Waals surface area (Å²) >= 11 is 0. The van der Waals surface area contributed by atoms with Crippen LogP contribution in [0.15, 0.2) is 18.2 Å². The van der Waals surface area contributed by atoms with Crippen molar-refractivity contribution in [3.63, 3.8) is 0 Å². The van der Waals surface area contributed by atoms with Gasteiger partial charge in [0.1, 0.15) is 0 Å². The van der Waals surface area contributed by atoms with Crippen molar-refractivity contribution in [1.29, 1.82) is 0 Å². The number of nitrogens with zero attached hydrogens (tertiary/aromatic N) is 1. The van der Waals surface area contributed by atoms with Crippen molar-refractivity contribution in [3.8, 4) is 0 Å². The molecular formula is C15H25N3O. The second-order valence-electron chi connectivity index (χ2n) is 5.13. The zero-order chi connectivity index (χ0) is 14.4. The van der Waals surface area contributed by atoms with Crippen molar-refractivity contribution in [2.45, 2.75) is 39.2 Å². The predicted molar refractivity (Wildman–Crippen MR) is 81.6 cm³/mol. The van der Waals surface area contributed by atoms with Gasteiger partial charge in [-0.2, -0.15) is 0 Å². The van der Waals surface area contributed by atoms with E-state index in [9.17, 15) is 4.79 Å². The zero-order valence-electron chi connectivity index (χ0n) is 12.4. The maximum absolute atomic E-state index is 11.9. The van der Waals surface area contributed by atoms with Gasteiger partial charge in [0.15, 0.2) is 0 Å². The van der Waals surface area contributed by atoms with E-state index in [0.29, 0.717) is 0 Å². The average molecular weight is 263 g/mol. The van der Waals surface area contributed by atoms with Crippen molar-refractivity contribution in [1.82, 2.24) is 0 Å². The Morgan fingerprint density at radius 3 is 2.68 bits per heavy atom. The molecule has 1 amide bonds. The first-order valence-corrected chi connectivity index (χ1v) is 6.80. The van der Waals surface area contributed by atoms with Gasteiger partial charge in [0, 0.05) is 25.5 Å². The summed E-state index contributed by atoms with van der Waals surface area (Å²) in [7, 11) is 3.97. The lowest BCUT2D eigenvalue weighted by Crippen LogP contribution is -2.35. The quantitative estimate of drug-likeness (QED) is 0.829. The standard InChI is InChI=1S/C15H25N3O/c1-5-6-7-13(16)15(19)17-12-9-8-11(2)14(10-12)18(3)4/h8-10,13H,5-7,16H2,1-4H3,(H,17,19). The van der Waals surface area contributed by atoms with Gasteiger partial charge in [0.2, 0.25) is 5.91 Å². The van der Waals surface area contributed by atoms with Crippen LogP contribution in [0.3, 0.4) is 0 Å². The van der Waals surface area contributed by atoms with Crippen molar-refractivity contribution in [2.24, 2.45) is 5.73 Å². The Kier molecular flexibility index (Phi) is 5.83. The van der Waals surface area contributed by atoms with E-state index in [1.807, 2.05) is 44.1 Å². The molecule has 106 valence electrons. The molecule has 0 saturated carbocycles. The Balaban J connectivity index is 2.71. The number of carbonyl (C=O) groups is 1. The minimum absolute atomic E-state index is 0.109. The monoisotopic (exact) mass is 263 g/mol. The van der Waals surface area contributed by atoms with Gasteiger partial charge in [-0.25, -0.2) is 0 Å². The summed E-state index contributed by atoms with van der Waals surface area (Å²) in [6, 6.07) is 5.46. The second-order valence-corrected chi connectivity index (χ2v) is 5.13. The lowest BCUT2D eigenvalue weighted by atomic mass is 10.1. The normalized spacial score (nSPS) is 12.1. The van der Waals surface area contributed by atoms with Crippen LogP contribution in [0.25, 0.3) is 0 Å². The van der Waals surface area contributed by atoms with E-state index in [2.05, 4.69) is 12.2 Å². The average Bonchev–Trinajstić information content (AvgIpc) is 2.37. The molecule has 19 heavy (non-hydrogen) atoms. The van der Waals surface area contributed by atoms with E-state index in [1.165, 1.54) is 5.56 Å². The van der Waals surface area contributed by atoms with Crippen LogP contribution in [-0.4, -0.2) is 26.0 Å². The molecule has 4 heteroatoms. The molecule has 0 aliphatic carbocycles. The number of nitrogens with two attached hydrogens (primary N) is 1. The molecule has 0 bridgehead atoms. The Morgan fingerprint density at radius 1 is 1.42 bits per heavy atom. The molecule has 0 aliphatic rings. The molecule has 0 spiro atoms. The van der Waals surface area contributed by atoms with Gasteiger partial charge in [-0.05, 0) is 31.0 Å². The summed E-state index contributed by atoms with van der Waals surface area (Å²) in [5.41, 5.74) is 8.93. The molecule has 0 aliphatic heterocycles. The highest BCUT2D eigenvalue weighted by Gasteiger charge is 2.13. The van der Waals surface area contributed by atoms with Gasteiger partial charge < -0.3 is 16.0 Å². The van der Waals surface area contributed by atoms with E-state index >= 15 is 0 Å². The van der Waals surface area contributed by atoms with E-state index in [0.717, 1.165) is 30.6 Å². The fourth-order valence-electron chi connectivity index (χ4n) is 1.96. The molecular weight excluding hydrogens is 238 g/mol. The highest BCUT2D eigenvalue weighted by molar-refractivity contribution is 5.95. The van der Waals surface area contributed by atoms with Crippen molar-refractivity contribution >= 4 is 17.3 Å². The third kappa shape index (κ3) is 4.56. The van der Waals surface area contributed by atoms with Gasteiger partial charge in [-0.15, -0.1) is 0 Å². The van der Waals surface area contributed by atoms with E-state index in [1.54, 1.807) is 0 Å². The van der Waals surface area contributed by atoms with Crippen LogP contribution in [0, 0.1) is 6.92 Å². The highest BCUT2D eigenvalue weighted by atomic mass is 16.2. The number of hydrogen-bond acceptors (Lipinski definition) is 3. The topological polar surface area (TPSA) is 58.4 Å². The Labute approximate surface area is 116 Å². The van der Waals surface area contributed by atoms with E-state index < -0.39 is 6.04 Å². The lowest BCUT2D eigenvalue weighted by molar-refractivity contribution is -0.117. The number of anilines is 2. The van der Waals surface area contributed by atoms with Gasteiger partial charge in [-0.1, -0.05) is 25.8 Å². The SMILES string of the molecule is CCCCC(N)C(=O)Nc1ccc(C)c(N(C)C)c1. The number of rotatable bonds is 6. The molecule has 0 saturated heterocycles. The summed E-state index contributed by atoms with van der Waals surface area (Å²) in [5, 5.41) is 2.88. The molecule has 0 aromatic heterocycles. The summed E-state index contributed by atoms with van der Waals surface area (Å²) in [4.78, 5) is 14.0. The number of hydrogen-bond donors (Lipinski definition) is 2. The molecule has 3 N–H and O–H groups in total. The van der Waals surface area contributed by atoms with Gasteiger partial charge in [-0.3, -0.25) is 4.79 Å². The van der Waals surface area contributed by atoms with Crippen LogP contribution in [-0.2, 0) is 4.79 Å². The summed E-state index contributed by atoms with van der Waals surface area (Å²) < 4.78 is 0. The number of aryl methyl sites for hydroxylation is 1. The van der Waals surface area contributed by atoms with Crippen molar-refractivity contribution in [3.05, 3.63) is 23.8 Å². The molecule has 0 heterocycles. The predicted octanol–water partition coefficient (Wildman–Crippen LogP) is 2.52. The molecule has 0 fully saturated rings. The minimum Gasteiger partial charge on any atom is -0.377 e. The first kappa shape index (κ1) is 15.5. The third-order valence-electron chi connectivity index (χ3n) is 3.16. The molecule has 1 unspecified atom stereocenters. The molecule has 1 rings (SSSR count). The lowest BCUT2D eigenvalue weighted by Gasteiger charge is -2.18. The summed E-state index contributed by atoms with van der Waals surface area (Å²) in [6.07, 6.45) is 2.76. The van der Waals surface area contributed by atoms with Crippen molar-refractivity contribution < 1.29 is 4.79 Å². The van der Waals surface area contributed by atoms with Gasteiger partial charge in [0.05, 0.1) is 6.04 Å². The largest absolute Gasteiger partial charge is 0.377 e. The molecule has 4 nitrogen and oxygen atoms in total. The first-order chi connectivity index (χ1) is 8.95. The Bertz CT molecular complexity index is 429. The van der Waals surface area contributed by atoms with Gasteiger partial charge >= 0.3 is 0 Å². The fourth-order valence-corrected chi connectivity index (χ4v) is 1.96. The minimum atomic E-state index is -0.427. The van der Waals surface area contributed by atoms with E-state index in [-0.39, 0.29) is 5.91 Å². The van der Waals surface area contributed by atoms with Crippen LogP contribution >= 0.6 is 0 Å². The molecule has 1 atom stereocenters. The summed E-state index contributed by atoms with van der Waals surface area (Å²) in [6.45, 7) is 4.14. The summed E-state index contributed by atoms with van der Waals surface area (Å²) in [5.74, 6) is -0.109. The second kappa shape index (κ2) is 7.14. The Morgan fingerprint density at radius 2 is 2.11 bits per heavy atom. The number of unbranched alkanes of at least 4 members (excludes halogenated alkanes) is 1. The van der Waals surface area contributed by atoms with Crippen LogP contribution < -0.4 is 16.0 Å².